The zero-order valence-electron chi connectivity index (χ0n) is 16.0. The summed E-state index contributed by atoms with van der Waals surface area (Å²) >= 11 is 0. The molecule has 12 heteroatoms. The van der Waals surface area contributed by atoms with Gasteiger partial charge in [-0.15, -0.1) is 5.10 Å². The van der Waals surface area contributed by atoms with Gasteiger partial charge in [0.2, 0.25) is 5.95 Å². The van der Waals surface area contributed by atoms with Crippen LogP contribution in [0.25, 0.3) is 5.65 Å². The van der Waals surface area contributed by atoms with Crippen molar-refractivity contribution in [1.29, 1.82) is 0 Å². The number of rotatable bonds is 6. The molecule has 0 spiro atoms. The van der Waals surface area contributed by atoms with Crippen molar-refractivity contribution >= 4 is 17.5 Å². The molecule has 0 unspecified atom stereocenters. The van der Waals surface area contributed by atoms with Gasteiger partial charge in [-0.25, -0.2) is 36.7 Å². The minimum absolute atomic E-state index is 0.0231. The lowest BCUT2D eigenvalue weighted by Gasteiger charge is -2.06. The number of amides is 1. The Labute approximate surface area is 172 Å². The Morgan fingerprint density at radius 3 is 2.61 bits per heavy atom. The van der Waals surface area contributed by atoms with E-state index in [1.54, 1.807) is 0 Å². The Kier molecular flexibility index (Phi) is 5.36. The molecule has 0 bridgehead atoms. The zero-order chi connectivity index (χ0) is 22.1. The first-order valence-corrected chi connectivity index (χ1v) is 9.03. The van der Waals surface area contributed by atoms with E-state index in [1.165, 1.54) is 11.0 Å². The third-order valence-electron chi connectivity index (χ3n) is 4.34. The van der Waals surface area contributed by atoms with E-state index in [2.05, 4.69) is 25.5 Å². The molecule has 3 aromatic heterocycles. The van der Waals surface area contributed by atoms with Crippen molar-refractivity contribution in [2.24, 2.45) is 0 Å². The molecule has 4 aromatic rings. The lowest BCUT2D eigenvalue weighted by Crippen LogP contribution is -2.14. The topological polar surface area (TPSA) is 90.0 Å². The van der Waals surface area contributed by atoms with Gasteiger partial charge in [0.15, 0.2) is 11.3 Å². The van der Waals surface area contributed by atoms with Crippen molar-refractivity contribution in [2.75, 3.05) is 5.32 Å². The first kappa shape index (κ1) is 20.4. The molecule has 0 aliphatic heterocycles. The maximum atomic E-state index is 13.2. The monoisotopic (exact) mass is 433 g/mol. The first-order valence-electron chi connectivity index (χ1n) is 9.03. The van der Waals surface area contributed by atoms with Gasteiger partial charge in [-0.05, 0) is 18.6 Å². The summed E-state index contributed by atoms with van der Waals surface area (Å²) in [4.78, 5) is 20.0. The van der Waals surface area contributed by atoms with Crippen LogP contribution in [-0.2, 0) is 6.54 Å². The van der Waals surface area contributed by atoms with E-state index in [4.69, 9.17) is 0 Å². The highest BCUT2D eigenvalue weighted by molar-refractivity contribution is 6.02. The number of fused-ring (bicyclic) bond motifs is 1. The molecule has 0 aliphatic rings. The summed E-state index contributed by atoms with van der Waals surface area (Å²) in [5.74, 6) is -0.817. The van der Waals surface area contributed by atoms with E-state index in [0.717, 1.165) is 17.2 Å². The number of hydrogen-bond acceptors (Lipinski definition) is 5. The van der Waals surface area contributed by atoms with Crippen LogP contribution in [0.3, 0.4) is 0 Å². The van der Waals surface area contributed by atoms with Crippen LogP contribution in [-0.4, -0.2) is 35.3 Å². The predicted octanol–water partition coefficient (Wildman–Crippen LogP) is 3.81. The number of anilines is 1. The number of nitrogens with zero attached hydrogens (tertiary/aromatic N) is 6. The van der Waals surface area contributed by atoms with Crippen LogP contribution in [0.4, 0.5) is 23.5 Å². The number of carbonyl (C=O) groups excluding carboxylic acids is 1. The Morgan fingerprint density at radius 2 is 1.90 bits per heavy atom. The summed E-state index contributed by atoms with van der Waals surface area (Å²) in [6, 6.07) is 9.38. The standard InChI is InChI=1S/C19H15F4N7O/c1-10-3-2-4-11(5-10)8-29-9-24-19(28-29)26-18(31)13-7-15-25-12(16(20)21)6-14(17(22)23)30(15)27-13/h2-7,9,16-17H,8H2,1H3,(H,26,28,31). The van der Waals surface area contributed by atoms with Gasteiger partial charge >= 0.3 is 0 Å². The number of halogens is 4. The number of aromatic nitrogens is 6. The number of alkyl halides is 4. The van der Waals surface area contributed by atoms with Crippen molar-refractivity contribution in [1.82, 2.24) is 29.4 Å². The summed E-state index contributed by atoms with van der Waals surface area (Å²) in [7, 11) is 0. The van der Waals surface area contributed by atoms with E-state index in [1.807, 2.05) is 31.2 Å². The smallest absolute Gasteiger partial charge is 0.280 e. The van der Waals surface area contributed by atoms with Gasteiger partial charge in [0.05, 0.1) is 6.54 Å². The van der Waals surface area contributed by atoms with E-state index in [-0.39, 0.29) is 17.3 Å². The van der Waals surface area contributed by atoms with Crippen LogP contribution in [0.5, 0.6) is 0 Å². The summed E-state index contributed by atoms with van der Waals surface area (Å²) in [6.07, 6.45) is -4.71. The Hall–Kier alpha value is -3.83. The normalized spacial score (nSPS) is 11.6. The van der Waals surface area contributed by atoms with Gasteiger partial charge in [0.1, 0.15) is 17.7 Å². The molecule has 1 N–H and O–H groups in total. The van der Waals surface area contributed by atoms with Gasteiger partial charge in [0.25, 0.3) is 18.8 Å². The maximum Gasteiger partial charge on any atom is 0.280 e. The van der Waals surface area contributed by atoms with Crippen LogP contribution >= 0.6 is 0 Å². The molecule has 3 heterocycles. The van der Waals surface area contributed by atoms with Gasteiger partial charge in [-0.2, -0.15) is 5.10 Å². The number of aryl methyl sites for hydroxylation is 1. The molecule has 1 aromatic carbocycles. The third kappa shape index (κ3) is 4.37. The fourth-order valence-electron chi connectivity index (χ4n) is 2.99. The van der Waals surface area contributed by atoms with E-state index in [9.17, 15) is 22.4 Å². The highest BCUT2D eigenvalue weighted by Crippen LogP contribution is 2.25. The average molecular weight is 433 g/mol. The largest absolute Gasteiger partial charge is 0.288 e. The Balaban J connectivity index is 1.55. The summed E-state index contributed by atoms with van der Waals surface area (Å²) in [5, 5.41) is 10.3. The van der Waals surface area contributed by atoms with E-state index in [0.29, 0.717) is 17.1 Å². The lowest BCUT2D eigenvalue weighted by molar-refractivity contribution is 0.101. The van der Waals surface area contributed by atoms with Crippen LogP contribution in [0.15, 0.2) is 42.7 Å². The molecule has 0 aliphatic carbocycles. The molecule has 160 valence electrons. The quantitative estimate of drug-likeness (QED) is 0.467. The molecule has 4 rings (SSSR count). The fourth-order valence-corrected chi connectivity index (χ4v) is 2.99. The molecule has 0 radical (unpaired) electrons. The molecule has 31 heavy (non-hydrogen) atoms. The highest BCUT2D eigenvalue weighted by Gasteiger charge is 2.22. The van der Waals surface area contributed by atoms with Crippen LogP contribution in [0.1, 0.15) is 45.9 Å². The van der Waals surface area contributed by atoms with Gasteiger partial charge in [-0.3, -0.25) is 10.1 Å². The SMILES string of the molecule is Cc1cccc(Cn2cnc(NC(=O)c3cc4nc(C(F)F)cc(C(F)F)n4n3)n2)c1. The third-order valence-corrected chi connectivity index (χ3v) is 4.34. The second-order valence-electron chi connectivity index (χ2n) is 6.72. The lowest BCUT2D eigenvalue weighted by atomic mass is 10.1. The zero-order valence-corrected chi connectivity index (χ0v) is 16.0. The summed E-state index contributed by atoms with van der Waals surface area (Å²) in [5.41, 5.74) is -0.133. The molecule has 0 fully saturated rings. The first-order chi connectivity index (χ1) is 14.8. The molecule has 0 saturated heterocycles. The number of benzene rings is 1. The molecule has 0 saturated carbocycles. The fraction of sp³-hybridized carbons (Fsp3) is 0.211. The molecular weight excluding hydrogens is 418 g/mol. The second kappa shape index (κ2) is 8.13. The van der Waals surface area contributed by atoms with Crippen molar-refractivity contribution in [2.45, 2.75) is 26.3 Å². The predicted molar refractivity (Wildman–Crippen MR) is 101 cm³/mol. The van der Waals surface area contributed by atoms with Gasteiger partial charge < -0.3 is 0 Å². The minimum atomic E-state index is -3.09. The molecule has 0 atom stereocenters. The molecule has 1 amide bonds. The van der Waals surface area contributed by atoms with Crippen molar-refractivity contribution in [3.63, 3.8) is 0 Å². The van der Waals surface area contributed by atoms with E-state index < -0.39 is 30.1 Å². The number of nitrogens with one attached hydrogen (secondary N) is 1. The van der Waals surface area contributed by atoms with Crippen LogP contribution in [0, 0.1) is 6.92 Å². The molecule has 8 nitrogen and oxygen atoms in total. The summed E-state index contributed by atoms with van der Waals surface area (Å²) < 4.78 is 54.5. The number of hydrogen-bond donors (Lipinski definition) is 1. The molecular formula is C19H15F4N7O. The Bertz CT molecular complexity index is 1250. The average Bonchev–Trinajstić information content (AvgIpc) is 3.33. The van der Waals surface area contributed by atoms with Crippen LogP contribution in [0.2, 0.25) is 0 Å². The summed E-state index contributed by atoms with van der Waals surface area (Å²) in [6.45, 7) is 2.39. The van der Waals surface area contributed by atoms with Gasteiger partial charge in [-0.1, -0.05) is 29.8 Å². The van der Waals surface area contributed by atoms with Crippen molar-refractivity contribution < 1.29 is 22.4 Å². The van der Waals surface area contributed by atoms with Crippen molar-refractivity contribution in [3.8, 4) is 0 Å². The van der Waals surface area contributed by atoms with Crippen molar-refractivity contribution in [3.05, 3.63) is 70.9 Å². The van der Waals surface area contributed by atoms with E-state index >= 15 is 0 Å². The van der Waals surface area contributed by atoms with Crippen LogP contribution < -0.4 is 5.32 Å². The second-order valence-corrected chi connectivity index (χ2v) is 6.72. The number of carbonyl (C=O) groups is 1. The minimum Gasteiger partial charge on any atom is -0.288 e. The highest BCUT2D eigenvalue weighted by atomic mass is 19.3. The Morgan fingerprint density at radius 1 is 1.10 bits per heavy atom. The van der Waals surface area contributed by atoms with Gasteiger partial charge in [0, 0.05) is 6.07 Å². The maximum absolute atomic E-state index is 13.2.